The molecular formula is C14H19ClN2O3S. The number of nitrogens with one attached hydrogen (secondary N) is 1. The Kier molecular flexibility index (Phi) is 7.39. The van der Waals surface area contributed by atoms with Gasteiger partial charge in [0.25, 0.3) is 0 Å². The van der Waals surface area contributed by atoms with E-state index in [9.17, 15) is 9.59 Å². The maximum Gasteiger partial charge on any atom is 0.326 e. The quantitative estimate of drug-likeness (QED) is 0.806. The van der Waals surface area contributed by atoms with Gasteiger partial charge in [-0.25, -0.2) is 9.59 Å². The van der Waals surface area contributed by atoms with Gasteiger partial charge in [0.1, 0.15) is 6.04 Å². The number of carboxylic acids is 1. The lowest BCUT2D eigenvalue weighted by Crippen LogP contribution is -2.46. The molecule has 0 aliphatic carbocycles. The Bertz CT molecular complexity index is 499. The molecule has 1 aromatic carbocycles. The van der Waals surface area contributed by atoms with Gasteiger partial charge in [-0.3, -0.25) is 0 Å². The first-order chi connectivity index (χ1) is 9.93. The van der Waals surface area contributed by atoms with Gasteiger partial charge in [-0.1, -0.05) is 23.7 Å². The molecule has 0 aliphatic heterocycles. The second-order valence-corrected chi connectivity index (χ2v) is 6.03. The van der Waals surface area contributed by atoms with Gasteiger partial charge < -0.3 is 15.3 Å². The van der Waals surface area contributed by atoms with E-state index in [0.717, 1.165) is 5.56 Å². The molecule has 5 nitrogen and oxygen atoms in total. The Hall–Kier alpha value is -1.40. The molecule has 0 saturated carbocycles. The van der Waals surface area contributed by atoms with E-state index in [-0.39, 0.29) is 0 Å². The first kappa shape index (κ1) is 17.7. The van der Waals surface area contributed by atoms with Gasteiger partial charge in [0.2, 0.25) is 0 Å². The monoisotopic (exact) mass is 330 g/mol. The number of benzene rings is 1. The number of nitrogens with zero attached hydrogens (tertiary/aromatic N) is 1. The third-order valence-electron chi connectivity index (χ3n) is 2.86. The van der Waals surface area contributed by atoms with Crippen LogP contribution in [0.15, 0.2) is 24.3 Å². The number of carbonyl (C=O) groups is 2. The summed E-state index contributed by atoms with van der Waals surface area (Å²) in [6, 6.07) is 5.91. The minimum Gasteiger partial charge on any atom is -0.480 e. The summed E-state index contributed by atoms with van der Waals surface area (Å²) in [6.07, 6.45) is 2.29. The highest BCUT2D eigenvalue weighted by atomic mass is 35.5. The van der Waals surface area contributed by atoms with Crippen molar-refractivity contribution in [1.82, 2.24) is 10.2 Å². The Balaban J connectivity index is 2.58. The predicted octanol–water partition coefficient (Wildman–Crippen LogP) is 2.69. The fourth-order valence-electron chi connectivity index (χ4n) is 1.73. The second kappa shape index (κ2) is 8.79. The highest BCUT2D eigenvalue weighted by Gasteiger charge is 2.21. The Morgan fingerprint density at radius 2 is 2.19 bits per heavy atom. The highest BCUT2D eigenvalue weighted by Crippen LogP contribution is 2.12. The molecule has 0 unspecified atom stereocenters. The van der Waals surface area contributed by atoms with Crippen molar-refractivity contribution in [3.63, 3.8) is 0 Å². The lowest BCUT2D eigenvalue weighted by Gasteiger charge is -2.21. The van der Waals surface area contributed by atoms with Crippen molar-refractivity contribution in [1.29, 1.82) is 0 Å². The number of hydrogen-bond donors (Lipinski definition) is 2. The molecule has 21 heavy (non-hydrogen) atoms. The number of halogens is 1. The van der Waals surface area contributed by atoms with E-state index in [0.29, 0.717) is 23.7 Å². The van der Waals surface area contributed by atoms with Crippen LogP contribution in [0.25, 0.3) is 0 Å². The van der Waals surface area contributed by atoms with Crippen LogP contribution in [0, 0.1) is 0 Å². The molecule has 0 aromatic heterocycles. The van der Waals surface area contributed by atoms with Crippen LogP contribution < -0.4 is 5.32 Å². The minimum absolute atomic E-state index is 0.362. The van der Waals surface area contributed by atoms with Crippen molar-refractivity contribution in [2.75, 3.05) is 19.1 Å². The van der Waals surface area contributed by atoms with Gasteiger partial charge in [-0.2, -0.15) is 11.8 Å². The molecule has 1 aromatic rings. The van der Waals surface area contributed by atoms with E-state index < -0.39 is 18.0 Å². The zero-order valence-electron chi connectivity index (χ0n) is 12.0. The Morgan fingerprint density at radius 1 is 1.48 bits per heavy atom. The third-order valence-corrected chi connectivity index (χ3v) is 3.74. The number of carbonyl (C=O) groups excluding carboxylic acids is 1. The number of amides is 2. The maximum atomic E-state index is 12.0. The number of carboxylic acid groups (broad SMARTS) is 1. The third kappa shape index (κ3) is 6.27. The van der Waals surface area contributed by atoms with Gasteiger partial charge in [0, 0.05) is 18.6 Å². The van der Waals surface area contributed by atoms with Crippen LogP contribution in [-0.2, 0) is 11.3 Å². The number of hydrogen-bond acceptors (Lipinski definition) is 3. The van der Waals surface area contributed by atoms with Crippen molar-refractivity contribution in [3.8, 4) is 0 Å². The van der Waals surface area contributed by atoms with Crippen molar-refractivity contribution < 1.29 is 14.7 Å². The average molecular weight is 331 g/mol. The molecule has 0 bridgehead atoms. The molecule has 0 spiro atoms. The van der Waals surface area contributed by atoms with Crippen LogP contribution in [0.4, 0.5) is 4.79 Å². The van der Waals surface area contributed by atoms with Gasteiger partial charge >= 0.3 is 12.0 Å². The second-order valence-electron chi connectivity index (χ2n) is 4.61. The molecule has 0 radical (unpaired) electrons. The van der Waals surface area contributed by atoms with Crippen LogP contribution in [0.5, 0.6) is 0 Å². The number of urea groups is 1. The normalized spacial score (nSPS) is 11.8. The molecule has 7 heteroatoms. The Morgan fingerprint density at radius 3 is 2.76 bits per heavy atom. The smallest absolute Gasteiger partial charge is 0.326 e. The fourth-order valence-corrected chi connectivity index (χ4v) is 2.42. The average Bonchev–Trinajstić information content (AvgIpc) is 2.42. The number of aliphatic carboxylic acids is 1. The van der Waals surface area contributed by atoms with E-state index in [1.54, 1.807) is 30.9 Å². The summed E-state index contributed by atoms with van der Waals surface area (Å²) in [5.74, 6) is -0.344. The maximum absolute atomic E-state index is 12.0. The standard InChI is InChI=1S/C14H19ClN2O3S/c1-17(9-10-4-3-5-11(15)8-10)14(20)16-12(13(18)19)6-7-21-2/h3-5,8,12H,6-7,9H2,1-2H3,(H,16,20)(H,18,19)/t12-/m0/s1. The van der Waals surface area contributed by atoms with E-state index in [2.05, 4.69) is 5.32 Å². The van der Waals surface area contributed by atoms with Crippen molar-refractivity contribution in [2.24, 2.45) is 0 Å². The SMILES string of the molecule is CSCC[C@H](NC(=O)N(C)Cc1cccc(Cl)c1)C(=O)O. The van der Waals surface area contributed by atoms with Crippen LogP contribution >= 0.6 is 23.4 Å². The summed E-state index contributed by atoms with van der Waals surface area (Å²) in [4.78, 5) is 24.6. The van der Waals surface area contributed by atoms with Crippen molar-refractivity contribution >= 4 is 35.4 Å². The zero-order valence-corrected chi connectivity index (χ0v) is 13.6. The molecular weight excluding hydrogens is 312 g/mol. The van der Waals surface area contributed by atoms with Gasteiger partial charge in [0.15, 0.2) is 0 Å². The lowest BCUT2D eigenvalue weighted by molar-refractivity contribution is -0.139. The summed E-state index contributed by atoms with van der Waals surface area (Å²) < 4.78 is 0. The van der Waals surface area contributed by atoms with Crippen LogP contribution in [0.3, 0.4) is 0 Å². The molecule has 0 heterocycles. The molecule has 0 fully saturated rings. The van der Waals surface area contributed by atoms with Gasteiger partial charge in [0.05, 0.1) is 0 Å². The van der Waals surface area contributed by atoms with Gasteiger partial charge in [-0.15, -0.1) is 0 Å². The highest BCUT2D eigenvalue weighted by molar-refractivity contribution is 7.98. The topological polar surface area (TPSA) is 69.6 Å². The van der Waals surface area contributed by atoms with E-state index >= 15 is 0 Å². The van der Waals surface area contributed by atoms with Crippen LogP contribution in [0.2, 0.25) is 5.02 Å². The summed E-state index contributed by atoms with van der Waals surface area (Å²) in [6.45, 7) is 0.362. The molecule has 116 valence electrons. The molecule has 1 rings (SSSR count). The van der Waals surface area contributed by atoms with E-state index in [4.69, 9.17) is 16.7 Å². The first-order valence-corrected chi connectivity index (χ1v) is 8.19. The van der Waals surface area contributed by atoms with E-state index in [1.165, 1.54) is 4.90 Å². The number of rotatable bonds is 7. The van der Waals surface area contributed by atoms with Gasteiger partial charge in [-0.05, 0) is 36.1 Å². The summed E-state index contributed by atoms with van der Waals surface area (Å²) in [7, 11) is 1.61. The van der Waals surface area contributed by atoms with Crippen LogP contribution in [0.1, 0.15) is 12.0 Å². The van der Waals surface area contributed by atoms with Crippen molar-refractivity contribution in [2.45, 2.75) is 19.0 Å². The largest absolute Gasteiger partial charge is 0.480 e. The summed E-state index contributed by atoms with van der Waals surface area (Å²) in [5.41, 5.74) is 0.885. The fraction of sp³-hybridized carbons (Fsp3) is 0.429. The lowest BCUT2D eigenvalue weighted by atomic mass is 10.2. The molecule has 2 amide bonds. The summed E-state index contributed by atoms with van der Waals surface area (Å²) >= 11 is 7.44. The molecule has 0 aliphatic rings. The molecule has 2 N–H and O–H groups in total. The molecule has 1 atom stereocenters. The summed E-state index contributed by atoms with van der Waals surface area (Å²) in [5, 5.41) is 12.2. The first-order valence-electron chi connectivity index (χ1n) is 6.42. The minimum atomic E-state index is -1.02. The Labute approximate surface area is 133 Å². The zero-order chi connectivity index (χ0) is 15.8. The number of thioether (sulfide) groups is 1. The van der Waals surface area contributed by atoms with Crippen LogP contribution in [-0.4, -0.2) is 47.1 Å². The predicted molar refractivity (Wildman–Crippen MR) is 85.9 cm³/mol. The van der Waals surface area contributed by atoms with Crippen molar-refractivity contribution in [3.05, 3.63) is 34.9 Å². The molecule has 0 saturated heterocycles. The van der Waals surface area contributed by atoms with E-state index in [1.807, 2.05) is 18.4 Å².